The van der Waals surface area contributed by atoms with E-state index in [1.807, 2.05) is 6.07 Å². The zero-order valence-corrected chi connectivity index (χ0v) is 15.5. The summed E-state index contributed by atoms with van der Waals surface area (Å²) in [5.41, 5.74) is 3.66. The third-order valence-electron chi connectivity index (χ3n) is 7.54. The molecule has 3 aliphatic rings. The highest BCUT2D eigenvalue weighted by atomic mass is 19.1. The lowest BCUT2D eigenvalue weighted by atomic mass is 9.63. The van der Waals surface area contributed by atoms with Gasteiger partial charge in [0.2, 0.25) is 0 Å². The lowest BCUT2D eigenvalue weighted by Gasteiger charge is -2.42. The van der Waals surface area contributed by atoms with Crippen LogP contribution in [0.25, 0.3) is 0 Å². The Kier molecular flexibility index (Phi) is 4.71. The van der Waals surface area contributed by atoms with E-state index in [-0.39, 0.29) is 5.82 Å². The first-order chi connectivity index (χ1) is 11.6. The summed E-state index contributed by atoms with van der Waals surface area (Å²) < 4.78 is 14.7. The molecule has 2 saturated carbocycles. The van der Waals surface area contributed by atoms with Gasteiger partial charge in [0.15, 0.2) is 0 Å². The van der Waals surface area contributed by atoms with Gasteiger partial charge in [0.1, 0.15) is 5.82 Å². The molecule has 4 rings (SSSR count). The normalized spacial score (nSPS) is 36.0. The number of rotatable bonds is 2. The number of hydrogen-bond donors (Lipinski definition) is 0. The number of benzene rings is 1. The second-order valence-electron chi connectivity index (χ2n) is 9.11. The summed E-state index contributed by atoms with van der Waals surface area (Å²) in [5, 5.41) is 0. The molecule has 5 unspecified atom stereocenters. The molecule has 1 aromatic carbocycles. The van der Waals surface area contributed by atoms with Gasteiger partial charge in [-0.1, -0.05) is 32.8 Å². The summed E-state index contributed by atoms with van der Waals surface area (Å²) >= 11 is 0. The Bertz CT molecular complexity index is 590. The Morgan fingerprint density at radius 3 is 2.62 bits per heavy atom. The van der Waals surface area contributed by atoms with Gasteiger partial charge in [-0.25, -0.2) is 4.39 Å². The van der Waals surface area contributed by atoms with Crippen LogP contribution in [0, 0.1) is 29.5 Å². The van der Waals surface area contributed by atoms with Crippen LogP contribution in [0.4, 0.5) is 4.39 Å². The summed E-state index contributed by atoms with van der Waals surface area (Å²) in [6, 6.07) is 4.28. The SMILES string of the molecule is CCC1CCC2CC(c3cc(F)c4c(c3)CCC(C)C4)CCC2C1. The van der Waals surface area contributed by atoms with E-state index in [2.05, 4.69) is 19.9 Å². The molecule has 0 N–H and O–H groups in total. The largest absolute Gasteiger partial charge is 0.207 e. The quantitative estimate of drug-likeness (QED) is 0.569. The average Bonchev–Trinajstić information content (AvgIpc) is 2.61. The Morgan fingerprint density at radius 2 is 1.79 bits per heavy atom. The van der Waals surface area contributed by atoms with Gasteiger partial charge in [0.25, 0.3) is 0 Å². The molecule has 0 radical (unpaired) electrons. The fourth-order valence-electron chi connectivity index (χ4n) is 5.92. The Morgan fingerprint density at radius 1 is 1.00 bits per heavy atom. The van der Waals surface area contributed by atoms with E-state index < -0.39 is 0 Å². The van der Waals surface area contributed by atoms with Crippen molar-refractivity contribution in [1.82, 2.24) is 0 Å². The minimum atomic E-state index is 0.0888. The maximum atomic E-state index is 14.7. The van der Waals surface area contributed by atoms with Crippen molar-refractivity contribution in [1.29, 1.82) is 0 Å². The minimum absolute atomic E-state index is 0.0888. The maximum absolute atomic E-state index is 14.7. The molecule has 1 heteroatoms. The predicted molar refractivity (Wildman–Crippen MR) is 98.8 cm³/mol. The first-order valence-corrected chi connectivity index (χ1v) is 10.4. The zero-order valence-electron chi connectivity index (χ0n) is 15.5. The lowest BCUT2D eigenvalue weighted by molar-refractivity contribution is 0.116. The van der Waals surface area contributed by atoms with Crippen LogP contribution in [0.3, 0.4) is 0 Å². The summed E-state index contributed by atoms with van der Waals surface area (Å²) in [6.45, 7) is 4.61. The molecule has 0 spiro atoms. The molecule has 0 amide bonds. The van der Waals surface area contributed by atoms with E-state index in [4.69, 9.17) is 0 Å². The van der Waals surface area contributed by atoms with Gasteiger partial charge >= 0.3 is 0 Å². The maximum Gasteiger partial charge on any atom is 0.126 e. The number of aryl methyl sites for hydroxylation is 1. The van der Waals surface area contributed by atoms with Gasteiger partial charge in [-0.15, -0.1) is 0 Å². The number of halogens is 1. The van der Waals surface area contributed by atoms with Crippen molar-refractivity contribution in [3.05, 3.63) is 34.6 Å². The van der Waals surface area contributed by atoms with Crippen LogP contribution in [0.15, 0.2) is 12.1 Å². The summed E-state index contributed by atoms with van der Waals surface area (Å²) in [5.74, 6) is 4.19. The lowest BCUT2D eigenvalue weighted by Crippen LogP contribution is -2.30. The predicted octanol–water partition coefficient (Wildman–Crippen LogP) is 6.66. The third-order valence-corrected chi connectivity index (χ3v) is 7.54. The van der Waals surface area contributed by atoms with E-state index in [1.165, 1.54) is 62.5 Å². The van der Waals surface area contributed by atoms with Crippen LogP contribution in [-0.2, 0) is 12.8 Å². The van der Waals surface area contributed by atoms with Gasteiger partial charge in [-0.2, -0.15) is 0 Å². The Labute approximate surface area is 147 Å². The molecule has 132 valence electrons. The molecule has 0 saturated heterocycles. The van der Waals surface area contributed by atoms with Crippen molar-refractivity contribution >= 4 is 0 Å². The molecular formula is C23H33F. The summed E-state index contributed by atoms with van der Waals surface area (Å²) in [7, 11) is 0. The second-order valence-corrected chi connectivity index (χ2v) is 9.11. The molecule has 24 heavy (non-hydrogen) atoms. The van der Waals surface area contributed by atoms with Crippen molar-refractivity contribution in [2.75, 3.05) is 0 Å². The van der Waals surface area contributed by atoms with Crippen LogP contribution < -0.4 is 0 Å². The third kappa shape index (κ3) is 3.16. The van der Waals surface area contributed by atoms with Crippen molar-refractivity contribution < 1.29 is 4.39 Å². The fourth-order valence-corrected chi connectivity index (χ4v) is 5.92. The zero-order chi connectivity index (χ0) is 16.7. The van der Waals surface area contributed by atoms with Crippen LogP contribution in [0.1, 0.15) is 87.8 Å². The minimum Gasteiger partial charge on any atom is -0.207 e. The van der Waals surface area contributed by atoms with E-state index in [0.717, 1.165) is 36.2 Å². The van der Waals surface area contributed by atoms with Gasteiger partial charge in [-0.05, 0) is 104 Å². The van der Waals surface area contributed by atoms with E-state index >= 15 is 0 Å². The molecule has 2 fully saturated rings. The van der Waals surface area contributed by atoms with E-state index in [9.17, 15) is 4.39 Å². The molecular weight excluding hydrogens is 295 g/mol. The van der Waals surface area contributed by atoms with E-state index in [0.29, 0.717) is 11.8 Å². The number of fused-ring (bicyclic) bond motifs is 2. The standard InChI is InChI=1S/C23H33F/c1-3-16-5-7-18-12-19(9-8-17(18)11-16)21-13-20-6-4-15(2)10-22(20)23(24)14-21/h13-19H,3-12H2,1-2H3. The van der Waals surface area contributed by atoms with Crippen molar-refractivity contribution in [2.24, 2.45) is 23.7 Å². The highest BCUT2D eigenvalue weighted by Crippen LogP contribution is 2.48. The Balaban J connectivity index is 1.50. The first kappa shape index (κ1) is 16.6. The van der Waals surface area contributed by atoms with Gasteiger partial charge in [0.05, 0.1) is 0 Å². The van der Waals surface area contributed by atoms with Crippen molar-refractivity contribution in [2.45, 2.75) is 84.0 Å². The van der Waals surface area contributed by atoms with Crippen LogP contribution in [-0.4, -0.2) is 0 Å². The monoisotopic (exact) mass is 328 g/mol. The smallest absolute Gasteiger partial charge is 0.126 e. The van der Waals surface area contributed by atoms with Crippen LogP contribution in [0.2, 0.25) is 0 Å². The highest BCUT2D eigenvalue weighted by Gasteiger charge is 2.36. The summed E-state index contributed by atoms with van der Waals surface area (Å²) in [6.07, 6.45) is 12.9. The van der Waals surface area contributed by atoms with Crippen molar-refractivity contribution in [3.63, 3.8) is 0 Å². The van der Waals surface area contributed by atoms with Gasteiger partial charge in [-0.3, -0.25) is 0 Å². The second kappa shape index (κ2) is 6.81. The molecule has 3 aliphatic carbocycles. The molecule has 5 atom stereocenters. The molecule has 1 aromatic rings. The van der Waals surface area contributed by atoms with Crippen molar-refractivity contribution in [3.8, 4) is 0 Å². The van der Waals surface area contributed by atoms with Crippen LogP contribution >= 0.6 is 0 Å². The summed E-state index contributed by atoms with van der Waals surface area (Å²) in [4.78, 5) is 0. The average molecular weight is 329 g/mol. The molecule has 0 bridgehead atoms. The molecule has 0 aliphatic heterocycles. The van der Waals surface area contributed by atoms with Crippen LogP contribution in [0.5, 0.6) is 0 Å². The van der Waals surface area contributed by atoms with Gasteiger partial charge < -0.3 is 0 Å². The molecule has 0 aromatic heterocycles. The molecule has 0 nitrogen and oxygen atoms in total. The number of hydrogen-bond acceptors (Lipinski definition) is 0. The van der Waals surface area contributed by atoms with Gasteiger partial charge in [0, 0.05) is 0 Å². The topological polar surface area (TPSA) is 0 Å². The Hall–Kier alpha value is -0.850. The molecule has 0 heterocycles. The highest BCUT2D eigenvalue weighted by molar-refractivity contribution is 5.37. The van der Waals surface area contributed by atoms with E-state index in [1.54, 1.807) is 0 Å². The first-order valence-electron chi connectivity index (χ1n) is 10.4. The fraction of sp³-hybridized carbons (Fsp3) is 0.739.